The largest absolute Gasteiger partial charge is 0.488 e. The molecule has 0 saturated heterocycles. The van der Waals surface area contributed by atoms with Crippen molar-refractivity contribution in [1.29, 1.82) is 0 Å². The second kappa shape index (κ2) is 3.29. The zero-order chi connectivity index (χ0) is 11.2. The van der Waals surface area contributed by atoms with Gasteiger partial charge >= 0.3 is 7.94 Å². The molecule has 0 amide bonds. The summed E-state index contributed by atoms with van der Waals surface area (Å²) in [7, 11) is -3.46. The predicted molar refractivity (Wildman–Crippen MR) is 63.5 cm³/mol. The Balaban J connectivity index is 2.33. The molecule has 1 aliphatic heterocycles. The number of rotatable bonds is 0. The third-order valence-electron chi connectivity index (χ3n) is 2.62. The summed E-state index contributed by atoms with van der Waals surface area (Å²) in [4.78, 5) is 19.8. The van der Waals surface area contributed by atoms with Crippen LogP contribution in [0.3, 0.4) is 0 Å². The normalized spacial score (nSPS) is 15.9. The molecular formula is C12H10O3P+. The maximum Gasteiger partial charge on any atom is 0.488 e. The van der Waals surface area contributed by atoms with Crippen LogP contribution in [0.15, 0.2) is 48.5 Å². The van der Waals surface area contributed by atoms with Crippen molar-refractivity contribution in [2.45, 2.75) is 0 Å². The summed E-state index contributed by atoms with van der Waals surface area (Å²) in [5.74, 6) is 0.527. The van der Waals surface area contributed by atoms with Crippen LogP contribution in [0, 0.1) is 0 Å². The van der Waals surface area contributed by atoms with Gasteiger partial charge in [0.25, 0.3) is 0 Å². The molecule has 0 unspecified atom stereocenters. The van der Waals surface area contributed by atoms with Gasteiger partial charge in [-0.25, -0.2) is 0 Å². The SMILES string of the molecule is O[P+]1(O)Oc2ccccc2-c2ccccc21. The average molecular weight is 233 g/mol. The van der Waals surface area contributed by atoms with Crippen molar-refractivity contribution in [1.82, 2.24) is 0 Å². The molecule has 2 aromatic carbocycles. The molecule has 3 nitrogen and oxygen atoms in total. The number of hydrogen-bond donors (Lipinski definition) is 2. The first-order valence-electron chi connectivity index (χ1n) is 4.92. The van der Waals surface area contributed by atoms with Crippen molar-refractivity contribution < 1.29 is 14.3 Å². The minimum absolute atomic E-state index is 0.480. The Labute approximate surface area is 93.5 Å². The molecule has 4 heteroatoms. The minimum Gasteiger partial charge on any atom is -0.280 e. The van der Waals surface area contributed by atoms with Crippen LogP contribution < -0.4 is 9.83 Å². The highest BCUT2D eigenvalue weighted by Gasteiger charge is 2.47. The summed E-state index contributed by atoms with van der Waals surface area (Å²) >= 11 is 0. The molecule has 1 aliphatic rings. The van der Waals surface area contributed by atoms with Crippen LogP contribution >= 0.6 is 7.94 Å². The fourth-order valence-electron chi connectivity index (χ4n) is 1.91. The number of para-hydroxylation sites is 1. The van der Waals surface area contributed by atoms with Crippen molar-refractivity contribution in [3.63, 3.8) is 0 Å². The molecule has 0 atom stereocenters. The monoisotopic (exact) mass is 233 g/mol. The highest BCUT2D eigenvalue weighted by atomic mass is 31.2. The lowest BCUT2D eigenvalue weighted by Crippen LogP contribution is -2.21. The fourth-order valence-corrected chi connectivity index (χ4v) is 3.23. The van der Waals surface area contributed by atoms with E-state index in [1.165, 1.54) is 0 Å². The predicted octanol–water partition coefficient (Wildman–Crippen LogP) is 2.12. The topological polar surface area (TPSA) is 49.7 Å². The molecule has 16 heavy (non-hydrogen) atoms. The highest BCUT2D eigenvalue weighted by molar-refractivity contribution is 7.68. The molecule has 2 aromatic rings. The van der Waals surface area contributed by atoms with Crippen molar-refractivity contribution in [2.24, 2.45) is 0 Å². The Bertz CT molecular complexity index is 551. The molecule has 0 fully saturated rings. The van der Waals surface area contributed by atoms with Crippen LogP contribution in [-0.2, 0) is 0 Å². The van der Waals surface area contributed by atoms with Gasteiger partial charge in [-0.1, -0.05) is 30.3 Å². The van der Waals surface area contributed by atoms with Crippen LogP contribution in [0.5, 0.6) is 5.75 Å². The third kappa shape index (κ3) is 1.34. The van der Waals surface area contributed by atoms with Gasteiger partial charge in [0.1, 0.15) is 0 Å². The molecule has 80 valence electrons. The zero-order valence-electron chi connectivity index (χ0n) is 8.37. The molecule has 0 saturated carbocycles. The van der Waals surface area contributed by atoms with Gasteiger partial charge in [0, 0.05) is 11.1 Å². The summed E-state index contributed by atoms with van der Waals surface area (Å²) in [5, 5.41) is 0.480. The zero-order valence-corrected chi connectivity index (χ0v) is 9.26. The van der Waals surface area contributed by atoms with E-state index in [0.29, 0.717) is 11.1 Å². The maximum absolute atomic E-state index is 9.92. The lowest BCUT2D eigenvalue weighted by atomic mass is 10.0. The highest BCUT2D eigenvalue weighted by Crippen LogP contribution is 2.57. The standard InChI is InChI=1S/C12H10O3P/c13-16(14)12-8-4-2-6-10(12)9-5-1-3-7-11(9)15-16/h1-8,13-14H/q+1. The molecular weight excluding hydrogens is 223 g/mol. The lowest BCUT2D eigenvalue weighted by Gasteiger charge is -2.21. The molecule has 3 rings (SSSR count). The average Bonchev–Trinajstić information content (AvgIpc) is 2.29. The Morgan fingerprint density at radius 3 is 2.25 bits per heavy atom. The third-order valence-corrected chi connectivity index (χ3v) is 4.09. The van der Waals surface area contributed by atoms with Gasteiger partial charge < -0.3 is 0 Å². The van der Waals surface area contributed by atoms with Crippen molar-refractivity contribution >= 4 is 13.2 Å². The van der Waals surface area contributed by atoms with E-state index >= 15 is 0 Å². The van der Waals surface area contributed by atoms with Crippen LogP contribution in [0.4, 0.5) is 0 Å². The number of benzene rings is 2. The molecule has 0 bridgehead atoms. The Morgan fingerprint density at radius 1 is 0.812 bits per heavy atom. The number of hydrogen-bond acceptors (Lipinski definition) is 3. The second-order valence-electron chi connectivity index (χ2n) is 3.65. The molecule has 0 radical (unpaired) electrons. The quantitative estimate of drug-likeness (QED) is 0.685. The summed E-state index contributed by atoms with van der Waals surface area (Å²) in [6.45, 7) is 0. The molecule has 0 spiro atoms. The van der Waals surface area contributed by atoms with E-state index in [4.69, 9.17) is 4.52 Å². The summed E-state index contributed by atoms with van der Waals surface area (Å²) in [6, 6.07) is 14.6. The van der Waals surface area contributed by atoms with Gasteiger partial charge in [-0.3, -0.25) is 4.52 Å². The van der Waals surface area contributed by atoms with Crippen molar-refractivity contribution in [2.75, 3.05) is 0 Å². The van der Waals surface area contributed by atoms with E-state index in [2.05, 4.69) is 0 Å². The Hall–Kier alpha value is -1.41. The Kier molecular flexibility index (Phi) is 2.01. The van der Waals surface area contributed by atoms with Gasteiger partial charge in [-0.05, 0) is 18.2 Å². The van der Waals surface area contributed by atoms with Crippen LogP contribution in [0.1, 0.15) is 0 Å². The van der Waals surface area contributed by atoms with Gasteiger partial charge in [-0.15, -0.1) is 0 Å². The lowest BCUT2D eigenvalue weighted by molar-refractivity contribution is 0.353. The summed E-state index contributed by atoms with van der Waals surface area (Å²) < 4.78 is 5.27. The van der Waals surface area contributed by atoms with Crippen LogP contribution in [0.2, 0.25) is 0 Å². The first-order chi connectivity index (χ1) is 7.68. The molecule has 0 aliphatic carbocycles. The first-order valence-corrected chi connectivity index (χ1v) is 6.53. The summed E-state index contributed by atoms with van der Waals surface area (Å²) in [6.07, 6.45) is 0. The van der Waals surface area contributed by atoms with E-state index in [1.807, 2.05) is 30.3 Å². The smallest absolute Gasteiger partial charge is 0.280 e. The van der Waals surface area contributed by atoms with E-state index in [0.717, 1.165) is 11.1 Å². The van der Waals surface area contributed by atoms with E-state index in [-0.39, 0.29) is 0 Å². The van der Waals surface area contributed by atoms with Crippen LogP contribution in [-0.4, -0.2) is 9.79 Å². The van der Waals surface area contributed by atoms with Gasteiger partial charge in [-0.2, -0.15) is 9.79 Å². The van der Waals surface area contributed by atoms with E-state index in [9.17, 15) is 9.79 Å². The first kappa shape index (κ1) is 9.79. The number of fused-ring (bicyclic) bond motifs is 3. The second-order valence-corrected chi connectivity index (χ2v) is 5.40. The van der Waals surface area contributed by atoms with E-state index < -0.39 is 7.94 Å². The minimum atomic E-state index is -3.46. The van der Waals surface area contributed by atoms with Gasteiger partial charge in [0.15, 0.2) is 11.1 Å². The molecule has 2 N–H and O–H groups in total. The van der Waals surface area contributed by atoms with Crippen LogP contribution in [0.25, 0.3) is 11.1 Å². The molecule has 1 heterocycles. The van der Waals surface area contributed by atoms with Gasteiger partial charge in [0.2, 0.25) is 0 Å². The van der Waals surface area contributed by atoms with Crippen molar-refractivity contribution in [3.8, 4) is 16.9 Å². The molecule has 0 aromatic heterocycles. The fraction of sp³-hybridized carbons (Fsp3) is 0. The Morgan fingerprint density at radius 2 is 1.44 bits per heavy atom. The van der Waals surface area contributed by atoms with Crippen molar-refractivity contribution in [3.05, 3.63) is 48.5 Å². The summed E-state index contributed by atoms with van der Waals surface area (Å²) in [5.41, 5.74) is 1.74. The maximum atomic E-state index is 9.92. The van der Waals surface area contributed by atoms with Gasteiger partial charge in [0.05, 0.1) is 0 Å². The van der Waals surface area contributed by atoms with E-state index in [1.54, 1.807) is 18.2 Å².